The molecule has 4 aromatic heterocycles. The summed E-state index contributed by atoms with van der Waals surface area (Å²) in [5.74, 6) is 1.22. The number of nitrogens with zero attached hydrogens (tertiary/aromatic N) is 4. The number of pyridine rings is 4. The molecule has 4 aromatic carbocycles. The van der Waals surface area contributed by atoms with Gasteiger partial charge in [-0.15, -0.1) is 0 Å². The molecule has 4 heteroatoms. The summed E-state index contributed by atoms with van der Waals surface area (Å²) in [6.07, 6.45) is 7.88. The number of benzene rings is 4. The van der Waals surface area contributed by atoms with Crippen LogP contribution < -0.4 is 18.3 Å². The third kappa shape index (κ3) is 20.5. The van der Waals surface area contributed by atoms with Crippen molar-refractivity contribution in [3.05, 3.63) is 213 Å². The minimum absolute atomic E-state index is 0. The lowest BCUT2D eigenvalue weighted by Gasteiger charge is -2.10. The monoisotopic (exact) mass is 1090 g/mol. The van der Waals surface area contributed by atoms with Crippen molar-refractivity contribution in [1.29, 1.82) is 0 Å². The van der Waals surface area contributed by atoms with E-state index in [2.05, 4.69) is 177 Å². The topological polar surface area (TPSA) is 15.5 Å². The van der Waals surface area contributed by atoms with Gasteiger partial charge >= 0.3 is 0 Å². The van der Waals surface area contributed by atoms with Crippen LogP contribution in [0, 0.1) is 79.0 Å². The Hall–Kier alpha value is -6.52. The summed E-state index contributed by atoms with van der Waals surface area (Å²) in [5.41, 5.74) is 22.5. The summed E-state index contributed by atoms with van der Waals surface area (Å²) in [4.78, 5) is 0. The Balaban J connectivity index is 0.000000574. The summed E-state index contributed by atoms with van der Waals surface area (Å²) in [6.45, 7) is 29.3. The Labute approximate surface area is 501 Å². The molecule has 4 nitrogen and oxygen atoms in total. The van der Waals surface area contributed by atoms with Crippen molar-refractivity contribution in [2.45, 2.75) is 166 Å². The van der Waals surface area contributed by atoms with E-state index in [0.29, 0.717) is 23.0 Å². The number of aryl methyl sites for hydroxylation is 12. The molecule has 0 radical (unpaired) electrons. The molecule has 0 amide bonds. The second-order valence-corrected chi connectivity index (χ2v) is 22.6. The second-order valence-electron chi connectivity index (χ2n) is 22.6. The third-order valence-corrected chi connectivity index (χ3v) is 13.6. The largest absolute Gasteiger partial charge is 0.212 e. The van der Waals surface area contributed by atoms with Gasteiger partial charge in [-0.2, -0.15) is 0 Å². The maximum atomic E-state index is 8.33. The van der Waals surface area contributed by atoms with E-state index < -0.39 is 19.6 Å². The average Bonchev–Trinajstić information content (AvgIpc) is 2.02. The van der Waals surface area contributed by atoms with E-state index in [0.717, 1.165) is 46.5 Å². The number of rotatable bonds is 12. The highest BCUT2D eigenvalue weighted by Crippen LogP contribution is 2.26. The van der Waals surface area contributed by atoms with Crippen molar-refractivity contribution < 1.29 is 27.9 Å². The van der Waals surface area contributed by atoms with Gasteiger partial charge in [0.05, 0.1) is 0 Å². The molecular weight excluding hydrogens is 969 g/mol. The van der Waals surface area contributed by atoms with Gasteiger partial charge in [0, 0.05) is 78.4 Å². The molecule has 4 heterocycles. The Morgan fingerprint density at radius 3 is 1.16 bits per heavy atom. The molecule has 0 aliphatic rings. The standard InChI is InChI=1S/4C18H24N.4CH4/c2*1-13(2)10-16-7-9-18(19(5)12-16)17-8-6-14(3)11-15(17)4;2*1-13(2)10-16-12-19(5)18(11-15(16)4)17-9-7-6-8-14(17)3;;;;/h4*6-9,11-13H,10H2,1-5H3;4*1H4/q4*+1;;;;/i3D3,10D2;;10D2;;;;;. The highest BCUT2D eigenvalue weighted by atomic mass is 14.9. The Morgan fingerprint density at radius 2 is 0.738 bits per heavy atom. The van der Waals surface area contributed by atoms with Crippen LogP contribution in [-0.2, 0) is 53.8 Å². The summed E-state index contributed by atoms with van der Waals surface area (Å²) in [5, 5.41) is 0. The van der Waals surface area contributed by atoms with Crippen LogP contribution in [0.2, 0.25) is 0 Å². The maximum absolute atomic E-state index is 8.33. The number of hydrogen-bond donors (Lipinski definition) is 0. The SMILES string of the molecule is C.C.C.C.Cc1cc(-c2ccccc2C)[n+](C)cc1CC(C)C.Cc1ccc(-c2ccc(CC(C)C)c[n+]2C)c(C)c1.[2H]C([2H])([2H])c1ccc(-c2ccc(C([2H])([2H])C(C)C)c[n+]2C)c(C)c1.[2H]C([2H])(c1c[n+](C)c(-c2ccccc2C)cc1C)C(C)C. The van der Waals surface area contributed by atoms with E-state index in [1.807, 2.05) is 107 Å². The van der Waals surface area contributed by atoms with E-state index in [4.69, 9.17) is 9.60 Å². The molecule has 80 heavy (non-hydrogen) atoms. The number of hydrogen-bond acceptors (Lipinski definition) is 0. The van der Waals surface area contributed by atoms with E-state index in [-0.39, 0.29) is 41.5 Å². The zero-order valence-corrected chi connectivity index (χ0v) is 49.9. The molecule has 432 valence electrons. The molecule has 0 unspecified atom stereocenters. The lowest BCUT2D eigenvalue weighted by Crippen LogP contribution is -2.32. The van der Waals surface area contributed by atoms with Gasteiger partial charge in [-0.05, 0) is 174 Å². The van der Waals surface area contributed by atoms with E-state index in [1.165, 1.54) is 67.0 Å². The minimum atomic E-state index is -2.11. The van der Waals surface area contributed by atoms with E-state index >= 15 is 0 Å². The highest BCUT2D eigenvalue weighted by Gasteiger charge is 2.19. The zero-order chi connectivity index (χ0) is 62.1. The predicted molar refractivity (Wildman–Crippen MR) is 351 cm³/mol. The van der Waals surface area contributed by atoms with Gasteiger partial charge in [0.2, 0.25) is 22.8 Å². The molecule has 0 N–H and O–H groups in total. The fourth-order valence-corrected chi connectivity index (χ4v) is 9.82. The molecule has 8 aromatic rings. The summed E-state index contributed by atoms with van der Waals surface area (Å²) in [7, 11) is 8.15. The van der Waals surface area contributed by atoms with Crippen LogP contribution in [0.5, 0.6) is 0 Å². The van der Waals surface area contributed by atoms with Crippen molar-refractivity contribution in [2.24, 2.45) is 51.9 Å². The highest BCUT2D eigenvalue weighted by molar-refractivity contribution is 5.64. The first-order chi connectivity index (χ1) is 38.6. The smallest absolute Gasteiger partial charge is 0.201 e. The maximum Gasteiger partial charge on any atom is 0.212 e. The third-order valence-electron chi connectivity index (χ3n) is 13.6. The molecule has 0 atom stereocenters. The van der Waals surface area contributed by atoms with Gasteiger partial charge < -0.3 is 0 Å². The van der Waals surface area contributed by atoms with Crippen molar-refractivity contribution in [1.82, 2.24) is 0 Å². The summed E-state index contributed by atoms with van der Waals surface area (Å²) >= 11 is 0. The minimum Gasteiger partial charge on any atom is -0.201 e. The van der Waals surface area contributed by atoms with Crippen molar-refractivity contribution in [3.8, 4) is 45.0 Å². The summed E-state index contributed by atoms with van der Waals surface area (Å²) in [6, 6.07) is 41.3. The van der Waals surface area contributed by atoms with Crippen LogP contribution in [0.1, 0.15) is 161 Å². The fourth-order valence-electron chi connectivity index (χ4n) is 9.82. The van der Waals surface area contributed by atoms with Crippen LogP contribution >= 0.6 is 0 Å². The van der Waals surface area contributed by atoms with Gasteiger partial charge in [-0.3, -0.25) is 0 Å². The molecule has 0 saturated carbocycles. The molecule has 0 bridgehead atoms. The molecule has 0 aliphatic carbocycles. The molecule has 0 fully saturated rings. The fraction of sp³-hybridized carbons (Fsp3) is 0.421. The lowest BCUT2D eigenvalue weighted by atomic mass is 9.97. The first-order valence-corrected chi connectivity index (χ1v) is 27.4. The van der Waals surface area contributed by atoms with Crippen molar-refractivity contribution in [2.75, 3.05) is 0 Å². The second kappa shape index (κ2) is 33.3. The van der Waals surface area contributed by atoms with E-state index in [1.54, 1.807) is 12.1 Å². The van der Waals surface area contributed by atoms with Gasteiger partial charge in [-0.25, -0.2) is 18.3 Å². The molecule has 0 saturated heterocycles. The van der Waals surface area contributed by atoms with Gasteiger partial charge in [0.25, 0.3) is 0 Å². The van der Waals surface area contributed by atoms with Crippen LogP contribution in [0.15, 0.2) is 146 Å². The van der Waals surface area contributed by atoms with Crippen molar-refractivity contribution in [3.63, 3.8) is 0 Å². The van der Waals surface area contributed by atoms with Crippen LogP contribution in [0.4, 0.5) is 0 Å². The Morgan fingerprint density at radius 1 is 0.350 bits per heavy atom. The zero-order valence-electron chi connectivity index (χ0n) is 56.9. The van der Waals surface area contributed by atoms with Crippen molar-refractivity contribution >= 4 is 0 Å². The molecule has 0 aliphatic heterocycles. The Bertz CT molecular complexity index is 3500. The molecular formula is C76H112N4+4. The van der Waals surface area contributed by atoms with Gasteiger partial charge in [0.1, 0.15) is 28.2 Å². The predicted octanol–water partition coefficient (Wildman–Crippen LogP) is 18.5. The summed E-state index contributed by atoms with van der Waals surface area (Å²) < 4.78 is 64.1. The first kappa shape index (κ1) is 59.6. The van der Waals surface area contributed by atoms with Crippen LogP contribution in [0.3, 0.4) is 0 Å². The molecule has 8 rings (SSSR count). The van der Waals surface area contributed by atoms with Gasteiger partial charge in [-0.1, -0.05) is 157 Å². The molecule has 0 spiro atoms. The van der Waals surface area contributed by atoms with E-state index in [9.17, 15) is 0 Å². The average molecular weight is 1090 g/mol. The number of aromatic nitrogens is 4. The van der Waals surface area contributed by atoms with Gasteiger partial charge in [0.15, 0.2) is 24.8 Å². The Kier molecular flexibility index (Phi) is 24.8. The van der Waals surface area contributed by atoms with Crippen LogP contribution in [0.25, 0.3) is 45.0 Å². The lowest BCUT2D eigenvalue weighted by molar-refractivity contribution is -0.661. The normalized spacial score (nSPS) is 12.3. The first-order valence-electron chi connectivity index (χ1n) is 30.9. The quantitative estimate of drug-likeness (QED) is 0.108. The van der Waals surface area contributed by atoms with Crippen LogP contribution in [-0.4, -0.2) is 0 Å².